The fourth-order valence-electron chi connectivity index (χ4n) is 1.97. The number of nitrogens with two attached hydrogens (primary N) is 1. The van der Waals surface area contributed by atoms with Gasteiger partial charge < -0.3 is 5.73 Å². The van der Waals surface area contributed by atoms with Crippen LogP contribution in [0.5, 0.6) is 0 Å². The average molecular weight is 195 g/mol. The van der Waals surface area contributed by atoms with E-state index in [2.05, 4.69) is 0 Å². The zero-order valence-corrected chi connectivity index (χ0v) is 7.82. The number of alkyl halides is 3. The van der Waals surface area contributed by atoms with Gasteiger partial charge in [0, 0.05) is 0 Å². The normalized spacial score (nSPS) is 24.7. The van der Waals surface area contributed by atoms with Crippen LogP contribution in [0.2, 0.25) is 0 Å². The van der Waals surface area contributed by atoms with Gasteiger partial charge in [0.15, 0.2) is 5.67 Å². The fraction of sp³-hybridized carbons (Fsp3) is 1.00. The summed E-state index contributed by atoms with van der Waals surface area (Å²) in [5.41, 5.74) is 2.44. The summed E-state index contributed by atoms with van der Waals surface area (Å²) in [5.74, 6) is -3.91. The van der Waals surface area contributed by atoms with Crippen molar-refractivity contribution in [3.63, 3.8) is 0 Å². The number of halogens is 3. The number of rotatable bonds is 3. The topological polar surface area (TPSA) is 26.0 Å². The predicted molar refractivity (Wildman–Crippen MR) is 45.5 cm³/mol. The predicted octanol–water partition coefficient (Wildman–Crippen LogP) is 2.50. The lowest BCUT2D eigenvalue weighted by atomic mass is 9.84. The largest absolute Gasteiger partial charge is 0.325 e. The molecular formula is C9H16F3N. The van der Waals surface area contributed by atoms with E-state index in [0.29, 0.717) is 12.8 Å². The van der Waals surface area contributed by atoms with Crippen LogP contribution >= 0.6 is 0 Å². The highest BCUT2D eigenvalue weighted by Crippen LogP contribution is 2.44. The Hall–Kier alpha value is -0.250. The Kier molecular flexibility index (Phi) is 2.90. The molecule has 78 valence electrons. The first kappa shape index (κ1) is 10.8. The van der Waals surface area contributed by atoms with E-state index < -0.39 is 24.1 Å². The molecule has 1 atom stereocenters. The molecule has 2 N–H and O–H groups in total. The third kappa shape index (κ3) is 1.82. The van der Waals surface area contributed by atoms with Crippen LogP contribution in [-0.2, 0) is 0 Å². The van der Waals surface area contributed by atoms with Crippen molar-refractivity contribution in [1.29, 1.82) is 0 Å². The Morgan fingerprint density at radius 1 is 1.23 bits per heavy atom. The molecule has 0 amide bonds. The lowest BCUT2D eigenvalue weighted by Gasteiger charge is -2.34. The van der Waals surface area contributed by atoms with Gasteiger partial charge in [-0.2, -0.15) is 0 Å². The molecule has 13 heavy (non-hydrogen) atoms. The van der Waals surface area contributed by atoms with E-state index >= 15 is 0 Å². The standard InChI is InChI=1S/C9H16F3N/c1-8(10,9(11,12)6-13)7-4-2-3-5-7/h7H,2-6,13H2,1H3. The van der Waals surface area contributed by atoms with Crippen molar-refractivity contribution in [3.8, 4) is 0 Å². The summed E-state index contributed by atoms with van der Waals surface area (Å²) in [7, 11) is 0. The molecule has 1 aliphatic carbocycles. The van der Waals surface area contributed by atoms with Gasteiger partial charge in [0.05, 0.1) is 6.54 Å². The van der Waals surface area contributed by atoms with Crippen LogP contribution in [0.15, 0.2) is 0 Å². The first-order chi connectivity index (χ1) is 5.92. The molecule has 1 saturated carbocycles. The molecule has 1 aliphatic rings. The minimum absolute atomic E-state index is 0.522. The number of hydrogen-bond acceptors (Lipinski definition) is 1. The monoisotopic (exact) mass is 195 g/mol. The van der Waals surface area contributed by atoms with Crippen molar-refractivity contribution < 1.29 is 13.2 Å². The van der Waals surface area contributed by atoms with E-state index in [9.17, 15) is 13.2 Å². The van der Waals surface area contributed by atoms with Crippen molar-refractivity contribution in [2.45, 2.75) is 44.2 Å². The summed E-state index contributed by atoms with van der Waals surface area (Å²) >= 11 is 0. The van der Waals surface area contributed by atoms with E-state index in [0.717, 1.165) is 19.8 Å². The minimum atomic E-state index is -3.39. The van der Waals surface area contributed by atoms with Crippen molar-refractivity contribution in [2.24, 2.45) is 11.7 Å². The second-order valence-corrected chi connectivity index (χ2v) is 3.97. The van der Waals surface area contributed by atoms with Gasteiger partial charge in [0.25, 0.3) is 5.92 Å². The molecule has 1 unspecified atom stereocenters. The second-order valence-electron chi connectivity index (χ2n) is 3.97. The Morgan fingerprint density at radius 2 is 1.69 bits per heavy atom. The maximum Gasteiger partial charge on any atom is 0.293 e. The quantitative estimate of drug-likeness (QED) is 0.735. The average Bonchev–Trinajstić information content (AvgIpc) is 2.56. The summed E-state index contributed by atoms with van der Waals surface area (Å²) in [5, 5.41) is 0. The molecule has 0 aliphatic heterocycles. The summed E-state index contributed by atoms with van der Waals surface area (Å²) < 4.78 is 39.9. The molecule has 0 aromatic rings. The van der Waals surface area contributed by atoms with Crippen LogP contribution in [0.4, 0.5) is 13.2 Å². The van der Waals surface area contributed by atoms with Gasteiger partial charge in [-0.15, -0.1) is 0 Å². The smallest absolute Gasteiger partial charge is 0.293 e. The third-order valence-corrected chi connectivity index (χ3v) is 3.09. The highest BCUT2D eigenvalue weighted by molar-refractivity contribution is 4.97. The maximum absolute atomic E-state index is 13.7. The lowest BCUT2D eigenvalue weighted by molar-refractivity contribution is -0.147. The Labute approximate surface area is 76.5 Å². The molecular weight excluding hydrogens is 179 g/mol. The van der Waals surface area contributed by atoms with Crippen molar-refractivity contribution in [1.82, 2.24) is 0 Å². The summed E-state index contributed by atoms with van der Waals surface area (Å²) in [6, 6.07) is 0. The second kappa shape index (κ2) is 3.48. The van der Waals surface area contributed by atoms with Gasteiger partial charge in [-0.1, -0.05) is 12.8 Å². The van der Waals surface area contributed by atoms with Crippen molar-refractivity contribution >= 4 is 0 Å². The zero-order valence-electron chi connectivity index (χ0n) is 7.82. The van der Waals surface area contributed by atoms with Crippen LogP contribution in [0.25, 0.3) is 0 Å². The first-order valence-electron chi connectivity index (χ1n) is 4.68. The van der Waals surface area contributed by atoms with Crippen molar-refractivity contribution in [3.05, 3.63) is 0 Å². The molecule has 0 spiro atoms. The van der Waals surface area contributed by atoms with Gasteiger partial charge in [-0.05, 0) is 25.7 Å². The first-order valence-corrected chi connectivity index (χ1v) is 4.68. The summed E-state index contributed by atoms with van der Waals surface area (Å²) in [4.78, 5) is 0. The van der Waals surface area contributed by atoms with E-state index in [1.165, 1.54) is 0 Å². The molecule has 1 rings (SSSR count). The maximum atomic E-state index is 13.7. The van der Waals surface area contributed by atoms with Gasteiger partial charge in [0.2, 0.25) is 0 Å². The fourth-order valence-corrected chi connectivity index (χ4v) is 1.97. The highest BCUT2D eigenvalue weighted by Gasteiger charge is 2.55. The molecule has 0 radical (unpaired) electrons. The molecule has 0 aromatic heterocycles. The highest BCUT2D eigenvalue weighted by atomic mass is 19.3. The van der Waals surface area contributed by atoms with E-state index in [-0.39, 0.29) is 0 Å². The zero-order chi connectivity index (χ0) is 10.1. The van der Waals surface area contributed by atoms with Gasteiger partial charge in [-0.3, -0.25) is 0 Å². The SMILES string of the molecule is CC(F)(C1CCCC1)C(F)(F)CN. The van der Waals surface area contributed by atoms with Crippen LogP contribution < -0.4 is 5.73 Å². The Morgan fingerprint density at radius 3 is 2.08 bits per heavy atom. The molecule has 0 saturated heterocycles. The van der Waals surface area contributed by atoms with Gasteiger partial charge in [-0.25, -0.2) is 13.2 Å². The van der Waals surface area contributed by atoms with Crippen LogP contribution in [0, 0.1) is 5.92 Å². The van der Waals surface area contributed by atoms with Gasteiger partial charge in [0.1, 0.15) is 0 Å². The Bertz CT molecular complexity index is 174. The van der Waals surface area contributed by atoms with E-state index in [4.69, 9.17) is 5.73 Å². The Balaban J connectivity index is 2.73. The molecule has 1 nitrogen and oxygen atoms in total. The van der Waals surface area contributed by atoms with Gasteiger partial charge >= 0.3 is 0 Å². The van der Waals surface area contributed by atoms with E-state index in [1.54, 1.807) is 0 Å². The summed E-state index contributed by atoms with van der Waals surface area (Å²) in [6.07, 6.45) is 2.82. The van der Waals surface area contributed by atoms with Crippen LogP contribution in [0.1, 0.15) is 32.6 Å². The molecule has 4 heteroatoms. The van der Waals surface area contributed by atoms with E-state index in [1.807, 2.05) is 0 Å². The molecule has 0 heterocycles. The molecule has 1 fully saturated rings. The van der Waals surface area contributed by atoms with Crippen LogP contribution in [0.3, 0.4) is 0 Å². The minimum Gasteiger partial charge on any atom is -0.325 e. The van der Waals surface area contributed by atoms with Crippen LogP contribution in [-0.4, -0.2) is 18.1 Å². The molecule has 0 bridgehead atoms. The summed E-state index contributed by atoms with van der Waals surface area (Å²) in [6.45, 7) is 0.0757. The number of hydrogen-bond donors (Lipinski definition) is 1. The van der Waals surface area contributed by atoms with Crippen molar-refractivity contribution in [2.75, 3.05) is 6.54 Å². The third-order valence-electron chi connectivity index (χ3n) is 3.09. The lowest BCUT2D eigenvalue weighted by Crippen LogP contribution is -2.51. The molecule has 0 aromatic carbocycles.